The number of carboxylic acids is 1. The molecule has 1 unspecified atom stereocenters. The van der Waals surface area contributed by atoms with E-state index in [0.717, 1.165) is 5.56 Å². The molecule has 1 saturated heterocycles. The highest BCUT2D eigenvalue weighted by molar-refractivity contribution is 5.95. The summed E-state index contributed by atoms with van der Waals surface area (Å²) in [5.74, 6) is -0.365. The molecule has 1 aliphatic rings. The van der Waals surface area contributed by atoms with Crippen molar-refractivity contribution in [2.75, 3.05) is 13.1 Å². The second-order valence-corrected chi connectivity index (χ2v) is 5.79. The normalized spacial score (nSPS) is 21.0. The van der Waals surface area contributed by atoms with Gasteiger partial charge < -0.3 is 14.4 Å². The Morgan fingerprint density at radius 2 is 2.05 bits per heavy atom. The SMILES string of the molecule is CC1(C(=O)O)CCN(C(=O)c2ccc(-c3cnco3)cc2)C1. The minimum absolute atomic E-state index is 0.144. The van der Waals surface area contributed by atoms with E-state index in [1.807, 2.05) is 0 Å². The van der Waals surface area contributed by atoms with E-state index < -0.39 is 11.4 Å². The van der Waals surface area contributed by atoms with Crippen LogP contribution in [0.4, 0.5) is 0 Å². The zero-order valence-electron chi connectivity index (χ0n) is 12.2. The molecule has 1 amide bonds. The molecule has 114 valence electrons. The minimum atomic E-state index is -0.858. The third kappa shape index (κ3) is 2.47. The van der Waals surface area contributed by atoms with Gasteiger partial charge in [0.25, 0.3) is 5.91 Å². The number of benzene rings is 1. The van der Waals surface area contributed by atoms with Crippen molar-refractivity contribution in [3.05, 3.63) is 42.4 Å². The summed E-state index contributed by atoms with van der Waals surface area (Å²) in [6.45, 7) is 2.38. The molecule has 0 radical (unpaired) electrons. The standard InChI is InChI=1S/C16H16N2O4/c1-16(15(20)21)6-7-18(9-16)14(19)12-4-2-11(3-5-12)13-8-17-10-22-13/h2-5,8,10H,6-7,9H2,1H3,(H,20,21). The molecule has 1 aromatic carbocycles. The Kier molecular flexibility index (Phi) is 3.44. The number of hydrogen-bond donors (Lipinski definition) is 1. The minimum Gasteiger partial charge on any atom is -0.481 e. The average molecular weight is 300 g/mol. The molecule has 0 bridgehead atoms. The fourth-order valence-corrected chi connectivity index (χ4v) is 2.63. The molecular formula is C16H16N2O4. The number of aliphatic carboxylic acids is 1. The van der Waals surface area contributed by atoms with E-state index in [1.165, 1.54) is 6.39 Å². The van der Waals surface area contributed by atoms with Crippen LogP contribution in [0.2, 0.25) is 0 Å². The average Bonchev–Trinajstić information content (AvgIpc) is 3.17. The summed E-state index contributed by atoms with van der Waals surface area (Å²) < 4.78 is 5.20. The van der Waals surface area contributed by atoms with Crippen molar-refractivity contribution in [2.24, 2.45) is 5.41 Å². The lowest BCUT2D eigenvalue weighted by Gasteiger charge is -2.20. The Bertz CT molecular complexity index is 693. The number of carbonyl (C=O) groups excluding carboxylic acids is 1. The van der Waals surface area contributed by atoms with Gasteiger partial charge in [-0.3, -0.25) is 9.59 Å². The van der Waals surface area contributed by atoms with Gasteiger partial charge in [-0.05, 0) is 25.5 Å². The fraction of sp³-hybridized carbons (Fsp3) is 0.312. The van der Waals surface area contributed by atoms with Crippen molar-refractivity contribution in [3.8, 4) is 11.3 Å². The lowest BCUT2D eigenvalue weighted by atomic mass is 9.90. The summed E-state index contributed by atoms with van der Waals surface area (Å²) in [5.41, 5.74) is 0.527. The molecule has 0 saturated carbocycles. The molecule has 0 spiro atoms. The number of amides is 1. The number of carboxylic acid groups (broad SMARTS) is 1. The maximum atomic E-state index is 12.5. The van der Waals surface area contributed by atoms with Gasteiger partial charge in [-0.2, -0.15) is 0 Å². The van der Waals surface area contributed by atoms with E-state index in [2.05, 4.69) is 4.98 Å². The van der Waals surface area contributed by atoms with Crippen molar-refractivity contribution in [2.45, 2.75) is 13.3 Å². The van der Waals surface area contributed by atoms with Gasteiger partial charge in [-0.1, -0.05) is 12.1 Å². The Hall–Kier alpha value is -2.63. The van der Waals surface area contributed by atoms with Gasteiger partial charge in [0.05, 0.1) is 11.6 Å². The number of oxazole rings is 1. The van der Waals surface area contributed by atoms with E-state index >= 15 is 0 Å². The first-order valence-corrected chi connectivity index (χ1v) is 7.01. The molecule has 2 aromatic rings. The van der Waals surface area contributed by atoms with Gasteiger partial charge in [0.1, 0.15) is 0 Å². The first-order chi connectivity index (χ1) is 10.5. The second kappa shape index (κ2) is 5.29. The van der Waals surface area contributed by atoms with Crippen molar-refractivity contribution in [1.82, 2.24) is 9.88 Å². The fourth-order valence-electron chi connectivity index (χ4n) is 2.63. The summed E-state index contributed by atoms with van der Waals surface area (Å²) >= 11 is 0. The van der Waals surface area contributed by atoms with E-state index in [-0.39, 0.29) is 12.5 Å². The topological polar surface area (TPSA) is 83.6 Å². The molecule has 6 heteroatoms. The maximum absolute atomic E-state index is 12.5. The van der Waals surface area contributed by atoms with Gasteiger partial charge in [0, 0.05) is 24.2 Å². The van der Waals surface area contributed by atoms with Crippen LogP contribution >= 0.6 is 0 Å². The smallest absolute Gasteiger partial charge is 0.311 e. The van der Waals surface area contributed by atoms with Crippen molar-refractivity contribution < 1.29 is 19.1 Å². The molecule has 3 rings (SSSR count). The van der Waals surface area contributed by atoms with Crippen LogP contribution in [0.5, 0.6) is 0 Å². The highest BCUT2D eigenvalue weighted by Gasteiger charge is 2.42. The summed E-state index contributed by atoms with van der Waals surface area (Å²) in [4.78, 5) is 29.2. The van der Waals surface area contributed by atoms with Crippen LogP contribution in [0.3, 0.4) is 0 Å². The lowest BCUT2D eigenvalue weighted by Crippen LogP contribution is -2.34. The molecule has 1 fully saturated rings. The number of rotatable bonds is 3. The highest BCUT2D eigenvalue weighted by atomic mass is 16.4. The third-order valence-electron chi connectivity index (χ3n) is 4.13. The predicted molar refractivity (Wildman–Crippen MR) is 78.2 cm³/mol. The molecule has 1 atom stereocenters. The summed E-state index contributed by atoms with van der Waals surface area (Å²) in [6.07, 6.45) is 3.44. The van der Waals surface area contributed by atoms with Gasteiger partial charge in [0.2, 0.25) is 0 Å². The summed E-state index contributed by atoms with van der Waals surface area (Å²) in [7, 11) is 0. The summed E-state index contributed by atoms with van der Waals surface area (Å²) in [6, 6.07) is 7.02. The van der Waals surface area contributed by atoms with E-state index in [4.69, 9.17) is 4.42 Å². The van der Waals surface area contributed by atoms with E-state index in [0.29, 0.717) is 24.3 Å². The number of hydrogen-bond acceptors (Lipinski definition) is 4. The van der Waals surface area contributed by atoms with Gasteiger partial charge in [0.15, 0.2) is 12.2 Å². The van der Waals surface area contributed by atoms with Crippen molar-refractivity contribution in [1.29, 1.82) is 0 Å². The van der Waals surface area contributed by atoms with Crippen LogP contribution in [0.1, 0.15) is 23.7 Å². The maximum Gasteiger partial charge on any atom is 0.311 e. The number of aromatic nitrogens is 1. The van der Waals surface area contributed by atoms with Crippen LogP contribution in [0, 0.1) is 5.41 Å². The quantitative estimate of drug-likeness (QED) is 0.940. The third-order valence-corrected chi connectivity index (χ3v) is 4.13. The monoisotopic (exact) mass is 300 g/mol. The van der Waals surface area contributed by atoms with Crippen LogP contribution in [-0.4, -0.2) is 40.0 Å². The van der Waals surface area contributed by atoms with Crippen molar-refractivity contribution in [3.63, 3.8) is 0 Å². The highest BCUT2D eigenvalue weighted by Crippen LogP contribution is 2.31. The lowest BCUT2D eigenvalue weighted by molar-refractivity contribution is -0.147. The molecule has 0 aliphatic carbocycles. The van der Waals surface area contributed by atoms with E-state index in [1.54, 1.807) is 42.3 Å². The first-order valence-electron chi connectivity index (χ1n) is 7.01. The van der Waals surface area contributed by atoms with Crippen molar-refractivity contribution >= 4 is 11.9 Å². The Morgan fingerprint density at radius 1 is 1.32 bits per heavy atom. The first kappa shape index (κ1) is 14.3. The molecule has 6 nitrogen and oxygen atoms in total. The van der Waals surface area contributed by atoms with Crippen LogP contribution < -0.4 is 0 Å². The molecule has 1 aliphatic heterocycles. The molecule has 1 N–H and O–H groups in total. The summed E-state index contributed by atoms with van der Waals surface area (Å²) in [5, 5.41) is 9.23. The molecule has 1 aromatic heterocycles. The Balaban J connectivity index is 1.75. The zero-order valence-corrected chi connectivity index (χ0v) is 12.2. The molecular weight excluding hydrogens is 284 g/mol. The Morgan fingerprint density at radius 3 is 2.59 bits per heavy atom. The number of carbonyl (C=O) groups is 2. The molecule has 22 heavy (non-hydrogen) atoms. The second-order valence-electron chi connectivity index (χ2n) is 5.79. The molecule has 2 heterocycles. The van der Waals surface area contributed by atoms with Crippen LogP contribution in [0.15, 0.2) is 41.3 Å². The van der Waals surface area contributed by atoms with Gasteiger partial charge >= 0.3 is 5.97 Å². The Labute approximate surface area is 127 Å². The van der Waals surface area contributed by atoms with Gasteiger partial charge in [-0.15, -0.1) is 0 Å². The van der Waals surface area contributed by atoms with E-state index in [9.17, 15) is 14.7 Å². The number of nitrogens with zero attached hydrogens (tertiary/aromatic N) is 2. The predicted octanol–water partition coefficient (Wildman–Crippen LogP) is 2.28. The largest absolute Gasteiger partial charge is 0.481 e. The number of likely N-dealkylation sites (tertiary alicyclic amines) is 1. The van der Waals surface area contributed by atoms with Crippen LogP contribution in [-0.2, 0) is 4.79 Å². The van der Waals surface area contributed by atoms with Gasteiger partial charge in [-0.25, -0.2) is 4.98 Å². The van der Waals surface area contributed by atoms with Crippen LogP contribution in [0.25, 0.3) is 11.3 Å². The zero-order chi connectivity index (χ0) is 15.7.